The number of benzene rings is 2. The smallest absolute Gasteiger partial charge is 0.254 e. The molecule has 2 aromatic carbocycles. The van der Waals surface area contributed by atoms with E-state index >= 15 is 0 Å². The Morgan fingerprint density at radius 1 is 1.12 bits per heavy atom. The maximum Gasteiger partial charge on any atom is 0.254 e. The summed E-state index contributed by atoms with van der Waals surface area (Å²) >= 11 is 0. The number of amides is 1. The molecule has 0 saturated carbocycles. The van der Waals surface area contributed by atoms with Crippen LogP contribution in [-0.4, -0.2) is 51.9 Å². The molecule has 1 saturated heterocycles. The lowest BCUT2D eigenvalue weighted by Crippen LogP contribution is -2.36. The molecule has 0 radical (unpaired) electrons. The van der Waals surface area contributed by atoms with Crippen LogP contribution in [0.5, 0.6) is 0 Å². The quantitative estimate of drug-likeness (QED) is 0.473. The van der Waals surface area contributed by atoms with Crippen molar-refractivity contribution in [1.29, 1.82) is 0 Å². The number of ether oxygens (including phenoxy) is 1. The number of aryl methyl sites for hydroxylation is 2. The molecule has 1 aliphatic rings. The second-order valence-corrected chi connectivity index (χ2v) is 8.80. The molecule has 6 nitrogen and oxygen atoms in total. The van der Waals surface area contributed by atoms with Crippen LogP contribution in [-0.2, 0) is 11.2 Å². The first-order valence-corrected chi connectivity index (χ1v) is 11.4. The van der Waals surface area contributed by atoms with Gasteiger partial charge in [-0.2, -0.15) is 5.10 Å². The van der Waals surface area contributed by atoms with E-state index in [-0.39, 0.29) is 11.8 Å². The van der Waals surface area contributed by atoms with Gasteiger partial charge in [0.25, 0.3) is 5.91 Å². The molecule has 3 heterocycles. The number of carbonyl (C=O) groups excluding carboxylic acids is 1. The SMILES string of the molecule is Cc1cc(C)n(-c2cccc(C(=O)N3CCOC[C@@H](Cc4cccc5cnccc45)C3)c2)n1. The van der Waals surface area contributed by atoms with E-state index in [0.717, 1.165) is 28.9 Å². The first kappa shape index (κ1) is 21.3. The van der Waals surface area contributed by atoms with Gasteiger partial charge >= 0.3 is 0 Å². The first-order valence-electron chi connectivity index (χ1n) is 11.4. The summed E-state index contributed by atoms with van der Waals surface area (Å²) < 4.78 is 7.78. The summed E-state index contributed by atoms with van der Waals surface area (Å²) in [6.45, 7) is 6.47. The predicted octanol–water partition coefficient (Wildman–Crippen LogP) is 4.37. The average Bonchev–Trinajstić information content (AvgIpc) is 3.02. The molecule has 0 N–H and O–H groups in total. The van der Waals surface area contributed by atoms with Gasteiger partial charge in [0.2, 0.25) is 0 Å². The Balaban J connectivity index is 1.36. The van der Waals surface area contributed by atoms with Crippen molar-refractivity contribution < 1.29 is 9.53 Å². The number of hydrogen-bond acceptors (Lipinski definition) is 4. The third-order valence-corrected chi connectivity index (χ3v) is 6.25. The molecule has 0 bridgehead atoms. The van der Waals surface area contributed by atoms with Gasteiger partial charge in [-0.1, -0.05) is 24.3 Å². The van der Waals surface area contributed by atoms with Gasteiger partial charge in [0.1, 0.15) is 0 Å². The highest BCUT2D eigenvalue weighted by molar-refractivity contribution is 5.94. The molecule has 1 aliphatic heterocycles. The predicted molar refractivity (Wildman–Crippen MR) is 129 cm³/mol. The van der Waals surface area contributed by atoms with Crippen molar-refractivity contribution in [1.82, 2.24) is 19.7 Å². The van der Waals surface area contributed by atoms with Crippen LogP contribution in [0.3, 0.4) is 0 Å². The maximum absolute atomic E-state index is 13.5. The number of rotatable bonds is 4. The van der Waals surface area contributed by atoms with Gasteiger partial charge in [-0.15, -0.1) is 0 Å². The average molecular weight is 441 g/mol. The largest absolute Gasteiger partial charge is 0.379 e. The number of aromatic nitrogens is 3. The Labute approximate surface area is 193 Å². The molecule has 2 aromatic heterocycles. The molecule has 33 heavy (non-hydrogen) atoms. The van der Waals surface area contributed by atoms with E-state index in [1.807, 2.05) is 66.2 Å². The van der Waals surface area contributed by atoms with Crippen LogP contribution in [0.2, 0.25) is 0 Å². The van der Waals surface area contributed by atoms with Crippen molar-refractivity contribution >= 4 is 16.7 Å². The lowest BCUT2D eigenvalue weighted by atomic mass is 9.95. The first-order chi connectivity index (χ1) is 16.1. The van der Waals surface area contributed by atoms with Crippen LogP contribution < -0.4 is 0 Å². The molecule has 168 valence electrons. The summed E-state index contributed by atoms with van der Waals surface area (Å²) in [7, 11) is 0. The third-order valence-electron chi connectivity index (χ3n) is 6.25. The minimum atomic E-state index is 0.0380. The van der Waals surface area contributed by atoms with Crippen molar-refractivity contribution in [3.63, 3.8) is 0 Å². The normalized spacial score (nSPS) is 16.7. The highest BCUT2D eigenvalue weighted by Crippen LogP contribution is 2.23. The van der Waals surface area contributed by atoms with Gasteiger partial charge < -0.3 is 9.64 Å². The number of pyridine rings is 1. The van der Waals surface area contributed by atoms with Gasteiger partial charge in [-0.3, -0.25) is 9.78 Å². The Morgan fingerprint density at radius 3 is 2.85 bits per heavy atom. The zero-order valence-corrected chi connectivity index (χ0v) is 19.1. The van der Waals surface area contributed by atoms with E-state index in [1.54, 1.807) is 0 Å². The summed E-state index contributed by atoms with van der Waals surface area (Å²) in [6, 6.07) is 18.2. The molecule has 5 rings (SSSR count). The highest BCUT2D eigenvalue weighted by Gasteiger charge is 2.24. The molecule has 1 amide bonds. The van der Waals surface area contributed by atoms with Gasteiger partial charge in [0, 0.05) is 48.0 Å². The maximum atomic E-state index is 13.5. The van der Waals surface area contributed by atoms with E-state index < -0.39 is 0 Å². The van der Waals surface area contributed by atoms with Crippen LogP contribution in [0.25, 0.3) is 16.5 Å². The minimum absolute atomic E-state index is 0.0380. The zero-order valence-electron chi connectivity index (χ0n) is 19.1. The van der Waals surface area contributed by atoms with Gasteiger partial charge in [-0.05, 0) is 61.5 Å². The standard InChI is InChI=1S/C27H28N4O2/c1-19-13-20(2)31(29-19)25-8-4-6-23(15-25)27(32)30-11-12-33-18-21(17-30)14-22-5-3-7-24-16-28-10-9-26(22)24/h3-10,13,15-16,21H,11-12,14,17-18H2,1-2H3/t21-/m0/s1. The van der Waals surface area contributed by atoms with Crippen molar-refractivity contribution in [3.05, 3.63) is 89.5 Å². The molecule has 6 heteroatoms. The monoisotopic (exact) mass is 440 g/mol. The number of hydrogen-bond donors (Lipinski definition) is 0. The lowest BCUT2D eigenvalue weighted by Gasteiger charge is -2.24. The van der Waals surface area contributed by atoms with E-state index in [2.05, 4.69) is 34.3 Å². The van der Waals surface area contributed by atoms with Crippen molar-refractivity contribution in [2.24, 2.45) is 5.92 Å². The molecule has 4 aromatic rings. The van der Waals surface area contributed by atoms with E-state index in [1.165, 1.54) is 10.9 Å². The molecule has 0 unspecified atom stereocenters. The van der Waals surface area contributed by atoms with Crippen LogP contribution in [0.15, 0.2) is 67.0 Å². The van der Waals surface area contributed by atoms with Crippen molar-refractivity contribution in [2.75, 3.05) is 26.3 Å². The Bertz CT molecular complexity index is 1290. The summed E-state index contributed by atoms with van der Waals surface area (Å²) in [5, 5.41) is 6.91. The third kappa shape index (κ3) is 4.52. The summed E-state index contributed by atoms with van der Waals surface area (Å²) in [6.07, 6.45) is 4.59. The molecule has 1 fully saturated rings. The van der Waals surface area contributed by atoms with Crippen LogP contribution >= 0.6 is 0 Å². The van der Waals surface area contributed by atoms with Gasteiger partial charge in [0.15, 0.2) is 0 Å². The summed E-state index contributed by atoms with van der Waals surface area (Å²) in [5.74, 6) is 0.269. The fraction of sp³-hybridized carbons (Fsp3) is 0.296. The van der Waals surface area contributed by atoms with E-state index in [0.29, 0.717) is 31.9 Å². The summed E-state index contributed by atoms with van der Waals surface area (Å²) in [5.41, 5.74) is 4.85. The molecule has 0 aliphatic carbocycles. The zero-order chi connectivity index (χ0) is 22.8. The number of nitrogens with zero attached hydrogens (tertiary/aromatic N) is 4. The lowest BCUT2D eigenvalue weighted by molar-refractivity contribution is 0.0737. The molecular weight excluding hydrogens is 412 g/mol. The second kappa shape index (κ2) is 9.16. The minimum Gasteiger partial charge on any atom is -0.379 e. The summed E-state index contributed by atoms with van der Waals surface area (Å²) in [4.78, 5) is 19.6. The fourth-order valence-corrected chi connectivity index (χ4v) is 4.71. The fourth-order valence-electron chi connectivity index (χ4n) is 4.71. The van der Waals surface area contributed by atoms with Gasteiger partial charge in [0.05, 0.1) is 24.6 Å². The molecular formula is C27H28N4O2. The van der Waals surface area contributed by atoms with Gasteiger partial charge in [-0.25, -0.2) is 4.68 Å². The molecule has 1 atom stereocenters. The van der Waals surface area contributed by atoms with Crippen LogP contribution in [0, 0.1) is 19.8 Å². The topological polar surface area (TPSA) is 60.2 Å². The van der Waals surface area contributed by atoms with E-state index in [4.69, 9.17) is 4.74 Å². The number of carbonyl (C=O) groups is 1. The Hall–Kier alpha value is -3.51. The van der Waals surface area contributed by atoms with Crippen LogP contribution in [0.1, 0.15) is 27.3 Å². The molecule has 0 spiro atoms. The Kier molecular flexibility index (Phi) is 5.92. The van der Waals surface area contributed by atoms with Crippen molar-refractivity contribution in [2.45, 2.75) is 20.3 Å². The van der Waals surface area contributed by atoms with Crippen LogP contribution in [0.4, 0.5) is 0 Å². The van der Waals surface area contributed by atoms with Crippen molar-refractivity contribution in [3.8, 4) is 5.69 Å². The second-order valence-electron chi connectivity index (χ2n) is 8.80. The van der Waals surface area contributed by atoms with E-state index in [9.17, 15) is 4.79 Å². The number of fused-ring (bicyclic) bond motifs is 1. The Morgan fingerprint density at radius 2 is 2.00 bits per heavy atom. The highest BCUT2D eigenvalue weighted by atomic mass is 16.5.